The summed E-state index contributed by atoms with van der Waals surface area (Å²) in [6, 6.07) is 10.3. The summed E-state index contributed by atoms with van der Waals surface area (Å²) in [7, 11) is 0. The van der Waals surface area contributed by atoms with Crippen molar-refractivity contribution in [3.63, 3.8) is 0 Å². The summed E-state index contributed by atoms with van der Waals surface area (Å²) in [4.78, 5) is 29.1. The van der Waals surface area contributed by atoms with Gasteiger partial charge in [-0.2, -0.15) is 0 Å². The van der Waals surface area contributed by atoms with Crippen molar-refractivity contribution >= 4 is 11.8 Å². The molecule has 1 N–H and O–H groups in total. The number of hydrogen-bond acceptors (Lipinski definition) is 4. The molecule has 2 amide bonds. The number of carbonyl (C=O) groups is 2. The topological polar surface area (TPSA) is 61.9 Å². The van der Waals surface area contributed by atoms with Crippen molar-refractivity contribution in [2.24, 2.45) is 5.41 Å². The minimum atomic E-state index is 0.0504. The molecule has 4 rings (SSSR count). The predicted octanol–water partition coefficient (Wildman–Crippen LogP) is 1.41. The molecule has 1 unspecified atom stereocenters. The molecule has 0 radical (unpaired) electrons. The third-order valence-corrected chi connectivity index (χ3v) is 6.22. The summed E-state index contributed by atoms with van der Waals surface area (Å²) in [5.41, 5.74) is 1.23. The molecule has 3 heterocycles. The highest BCUT2D eigenvalue weighted by molar-refractivity contribution is 5.80. The van der Waals surface area contributed by atoms with Gasteiger partial charge in [-0.25, -0.2) is 0 Å². The fraction of sp³-hybridized carbons (Fsp3) is 0.619. The predicted molar refractivity (Wildman–Crippen MR) is 102 cm³/mol. The second-order valence-corrected chi connectivity index (χ2v) is 8.22. The lowest BCUT2D eigenvalue weighted by atomic mass is 9.77. The Labute approximate surface area is 160 Å². The first-order chi connectivity index (χ1) is 13.1. The largest absolute Gasteiger partial charge is 0.378 e. The van der Waals surface area contributed by atoms with Crippen LogP contribution in [0.3, 0.4) is 0 Å². The Kier molecular flexibility index (Phi) is 5.45. The van der Waals surface area contributed by atoms with Gasteiger partial charge in [0.1, 0.15) is 0 Å². The monoisotopic (exact) mass is 371 g/mol. The molecule has 1 aromatic rings. The maximum absolute atomic E-state index is 12.6. The average molecular weight is 371 g/mol. The Bertz CT molecular complexity index is 665. The van der Waals surface area contributed by atoms with Crippen LogP contribution >= 0.6 is 0 Å². The summed E-state index contributed by atoms with van der Waals surface area (Å²) in [5.74, 6) is 0.459. The normalized spacial score (nSPS) is 25.2. The van der Waals surface area contributed by atoms with Crippen molar-refractivity contribution < 1.29 is 14.3 Å². The van der Waals surface area contributed by atoms with Gasteiger partial charge in [-0.05, 0) is 18.4 Å². The highest BCUT2D eigenvalue weighted by Crippen LogP contribution is 2.41. The Morgan fingerprint density at radius 1 is 1.22 bits per heavy atom. The van der Waals surface area contributed by atoms with Crippen LogP contribution in [0.25, 0.3) is 0 Å². The van der Waals surface area contributed by atoms with E-state index < -0.39 is 0 Å². The molecule has 0 aliphatic carbocycles. The molecule has 0 aromatic heterocycles. The van der Waals surface area contributed by atoms with Crippen molar-refractivity contribution in [3.05, 3.63) is 35.9 Å². The zero-order chi connectivity index (χ0) is 18.7. The van der Waals surface area contributed by atoms with Crippen LogP contribution in [0.4, 0.5) is 0 Å². The van der Waals surface area contributed by atoms with E-state index in [4.69, 9.17) is 4.74 Å². The summed E-state index contributed by atoms with van der Waals surface area (Å²) < 4.78 is 5.44. The maximum Gasteiger partial charge on any atom is 0.224 e. The lowest BCUT2D eigenvalue weighted by Crippen LogP contribution is -2.48. The van der Waals surface area contributed by atoms with Gasteiger partial charge in [0, 0.05) is 57.0 Å². The third-order valence-electron chi connectivity index (χ3n) is 6.22. The smallest absolute Gasteiger partial charge is 0.224 e. The number of nitrogens with one attached hydrogen (secondary N) is 1. The van der Waals surface area contributed by atoms with Crippen molar-refractivity contribution in [3.8, 4) is 0 Å². The quantitative estimate of drug-likeness (QED) is 0.869. The van der Waals surface area contributed by atoms with Crippen molar-refractivity contribution in [1.29, 1.82) is 0 Å². The molecule has 27 heavy (non-hydrogen) atoms. The Morgan fingerprint density at radius 2 is 2.00 bits per heavy atom. The zero-order valence-electron chi connectivity index (χ0n) is 15.9. The number of carbonyl (C=O) groups excluding carboxylic acids is 2. The molecule has 0 bridgehead atoms. The highest BCUT2D eigenvalue weighted by atomic mass is 16.5. The van der Waals surface area contributed by atoms with E-state index >= 15 is 0 Å². The number of piperidine rings is 1. The van der Waals surface area contributed by atoms with E-state index in [1.165, 1.54) is 5.56 Å². The van der Waals surface area contributed by atoms with Gasteiger partial charge in [-0.3, -0.25) is 9.59 Å². The third kappa shape index (κ3) is 4.33. The molecule has 6 heteroatoms. The minimum Gasteiger partial charge on any atom is -0.378 e. The van der Waals surface area contributed by atoms with E-state index in [2.05, 4.69) is 17.4 Å². The van der Waals surface area contributed by atoms with Gasteiger partial charge >= 0.3 is 0 Å². The lowest BCUT2D eigenvalue weighted by molar-refractivity contribution is -0.134. The summed E-state index contributed by atoms with van der Waals surface area (Å²) in [6.45, 7) is 5.20. The van der Waals surface area contributed by atoms with Gasteiger partial charge in [-0.1, -0.05) is 30.3 Å². The molecule has 3 saturated heterocycles. The van der Waals surface area contributed by atoms with Gasteiger partial charge in [-0.15, -0.1) is 0 Å². The average Bonchev–Trinajstić information content (AvgIpc) is 2.98. The fourth-order valence-corrected chi connectivity index (χ4v) is 4.59. The first kappa shape index (κ1) is 18.4. The number of benzene rings is 1. The molecule has 3 aliphatic heterocycles. The van der Waals surface area contributed by atoms with Crippen LogP contribution in [0, 0.1) is 5.41 Å². The van der Waals surface area contributed by atoms with Crippen LogP contribution in [0.5, 0.6) is 0 Å². The van der Waals surface area contributed by atoms with E-state index in [0.717, 1.165) is 45.6 Å². The molecule has 3 fully saturated rings. The van der Waals surface area contributed by atoms with Crippen LogP contribution < -0.4 is 5.32 Å². The van der Waals surface area contributed by atoms with E-state index in [1.54, 1.807) is 0 Å². The molecule has 3 aliphatic rings. The number of hydrogen-bond donors (Lipinski definition) is 1. The number of ether oxygens (including phenoxy) is 1. The molecule has 6 nitrogen and oxygen atoms in total. The number of morpholine rings is 1. The highest BCUT2D eigenvalue weighted by Gasteiger charge is 2.45. The number of nitrogens with zero attached hydrogens (tertiary/aromatic N) is 2. The van der Waals surface area contributed by atoms with Gasteiger partial charge < -0.3 is 19.9 Å². The van der Waals surface area contributed by atoms with E-state index in [1.807, 2.05) is 28.0 Å². The molecule has 0 saturated carbocycles. The first-order valence-electron chi connectivity index (χ1n) is 10.0. The zero-order valence-corrected chi connectivity index (χ0v) is 15.9. The second kappa shape index (κ2) is 7.98. The first-order valence-corrected chi connectivity index (χ1v) is 10.0. The van der Waals surface area contributed by atoms with Crippen LogP contribution in [-0.2, 0) is 20.9 Å². The summed E-state index contributed by atoms with van der Waals surface area (Å²) in [5, 5.41) is 3.35. The van der Waals surface area contributed by atoms with E-state index in [-0.39, 0.29) is 23.3 Å². The van der Waals surface area contributed by atoms with Crippen molar-refractivity contribution in [1.82, 2.24) is 15.1 Å². The number of likely N-dealkylation sites (tertiary alicyclic amines) is 2. The molecule has 1 atom stereocenters. The molecular weight excluding hydrogens is 342 g/mol. The minimum absolute atomic E-state index is 0.0504. The van der Waals surface area contributed by atoms with Crippen LogP contribution in [-0.4, -0.2) is 67.0 Å². The molecular formula is C21H29N3O3. The summed E-state index contributed by atoms with van der Waals surface area (Å²) >= 11 is 0. The van der Waals surface area contributed by atoms with Gasteiger partial charge in [0.15, 0.2) is 0 Å². The number of rotatable bonds is 4. The SMILES string of the molecule is O=C(CC1COCCN1)N1CCC2(CC1)CC(=O)N(Cc1ccccc1)C2. The van der Waals surface area contributed by atoms with Crippen LogP contribution in [0.2, 0.25) is 0 Å². The van der Waals surface area contributed by atoms with Gasteiger partial charge in [0.2, 0.25) is 11.8 Å². The maximum atomic E-state index is 12.6. The van der Waals surface area contributed by atoms with Crippen molar-refractivity contribution in [2.45, 2.75) is 38.3 Å². The van der Waals surface area contributed by atoms with Crippen molar-refractivity contribution in [2.75, 3.05) is 39.4 Å². The second-order valence-electron chi connectivity index (χ2n) is 8.22. The van der Waals surface area contributed by atoms with Gasteiger partial charge in [0.25, 0.3) is 0 Å². The standard InChI is InChI=1S/C21H29N3O3/c25-19(12-18-15-27-11-8-22-18)23-9-6-21(7-10-23)13-20(26)24(16-21)14-17-4-2-1-3-5-17/h1-5,18,22H,6-16H2. The lowest BCUT2D eigenvalue weighted by Gasteiger charge is -2.39. The van der Waals surface area contributed by atoms with Gasteiger partial charge in [0.05, 0.1) is 13.2 Å². The number of amides is 2. The van der Waals surface area contributed by atoms with Crippen LogP contribution in [0.1, 0.15) is 31.2 Å². The molecule has 1 spiro atoms. The Morgan fingerprint density at radius 3 is 2.70 bits per heavy atom. The van der Waals surface area contributed by atoms with Crippen LogP contribution in [0.15, 0.2) is 30.3 Å². The fourth-order valence-electron chi connectivity index (χ4n) is 4.59. The Hall–Kier alpha value is -1.92. The molecule has 146 valence electrons. The van der Waals surface area contributed by atoms with E-state index in [0.29, 0.717) is 26.0 Å². The summed E-state index contributed by atoms with van der Waals surface area (Å²) in [6.07, 6.45) is 2.97. The Balaban J connectivity index is 1.29. The van der Waals surface area contributed by atoms with E-state index in [9.17, 15) is 9.59 Å². The molecule has 1 aromatic carbocycles.